The first-order chi connectivity index (χ1) is 42.2. The van der Waals surface area contributed by atoms with Gasteiger partial charge in [-0.25, -0.2) is 9.13 Å². The maximum absolute atomic E-state index is 13.0. The molecule has 87 heavy (non-hydrogen) atoms. The first-order valence-electron chi connectivity index (χ1n) is 35.8. The van der Waals surface area contributed by atoms with Crippen LogP contribution in [0.3, 0.4) is 0 Å². The number of aliphatic hydroxyl groups excluding tert-OH is 1. The molecule has 0 spiro atoms. The fraction of sp³-hybridized carbons (Fsp3) is 0.941. The van der Waals surface area contributed by atoms with Crippen molar-refractivity contribution < 1.29 is 80.2 Å². The highest BCUT2D eigenvalue weighted by Gasteiger charge is 2.30. The average molecular weight is 1280 g/mol. The van der Waals surface area contributed by atoms with E-state index >= 15 is 0 Å². The second-order valence-electron chi connectivity index (χ2n) is 24.6. The minimum Gasteiger partial charge on any atom is -0.462 e. The summed E-state index contributed by atoms with van der Waals surface area (Å²) >= 11 is 0. The summed E-state index contributed by atoms with van der Waals surface area (Å²) in [5, 5.41) is 10.6. The Morgan fingerprint density at radius 2 is 0.460 bits per heavy atom. The predicted molar refractivity (Wildman–Crippen MR) is 349 cm³/mol. The van der Waals surface area contributed by atoms with Crippen molar-refractivity contribution >= 4 is 39.5 Å². The molecule has 0 heterocycles. The van der Waals surface area contributed by atoms with Crippen LogP contribution in [0.25, 0.3) is 0 Å². The van der Waals surface area contributed by atoms with E-state index in [1.807, 2.05) is 0 Å². The van der Waals surface area contributed by atoms with Gasteiger partial charge in [-0.15, -0.1) is 0 Å². The van der Waals surface area contributed by atoms with E-state index in [4.69, 9.17) is 37.0 Å². The molecule has 0 aliphatic heterocycles. The molecule has 0 fully saturated rings. The van der Waals surface area contributed by atoms with Gasteiger partial charge in [-0.3, -0.25) is 37.3 Å². The Hall–Kier alpha value is -1.94. The van der Waals surface area contributed by atoms with Gasteiger partial charge in [0.05, 0.1) is 26.4 Å². The van der Waals surface area contributed by atoms with Crippen LogP contribution in [0.4, 0.5) is 0 Å². The van der Waals surface area contributed by atoms with Gasteiger partial charge < -0.3 is 33.8 Å². The van der Waals surface area contributed by atoms with Gasteiger partial charge in [0.15, 0.2) is 12.2 Å². The largest absolute Gasteiger partial charge is 0.472 e. The number of phosphoric acid groups is 2. The summed E-state index contributed by atoms with van der Waals surface area (Å²) < 4.78 is 68.1. The van der Waals surface area contributed by atoms with Crippen LogP contribution in [0.2, 0.25) is 0 Å². The van der Waals surface area contributed by atoms with Crippen molar-refractivity contribution in [2.75, 3.05) is 39.6 Å². The van der Waals surface area contributed by atoms with E-state index in [-0.39, 0.29) is 25.7 Å². The van der Waals surface area contributed by atoms with Gasteiger partial charge in [-0.1, -0.05) is 304 Å². The van der Waals surface area contributed by atoms with Crippen molar-refractivity contribution in [2.45, 2.75) is 373 Å². The lowest BCUT2D eigenvalue weighted by molar-refractivity contribution is -0.161. The molecule has 0 saturated carbocycles. The van der Waals surface area contributed by atoms with Gasteiger partial charge in [-0.2, -0.15) is 0 Å². The number of hydrogen-bond acceptors (Lipinski definition) is 15. The van der Waals surface area contributed by atoms with Crippen LogP contribution in [0.5, 0.6) is 0 Å². The fourth-order valence-electron chi connectivity index (χ4n) is 10.3. The van der Waals surface area contributed by atoms with E-state index in [9.17, 15) is 43.2 Å². The minimum atomic E-state index is -4.95. The first-order valence-corrected chi connectivity index (χ1v) is 38.8. The van der Waals surface area contributed by atoms with Crippen molar-refractivity contribution in [1.82, 2.24) is 0 Å². The summed E-state index contributed by atoms with van der Waals surface area (Å²) in [6.45, 7) is 4.91. The van der Waals surface area contributed by atoms with Crippen molar-refractivity contribution in [3.63, 3.8) is 0 Å². The van der Waals surface area contributed by atoms with Gasteiger partial charge in [0.25, 0.3) is 0 Å². The molecule has 0 amide bonds. The molecule has 0 saturated heterocycles. The number of aliphatic hydroxyl groups is 1. The number of esters is 4. The lowest BCUT2D eigenvalue weighted by Gasteiger charge is -2.21. The van der Waals surface area contributed by atoms with Crippen LogP contribution in [0.1, 0.15) is 355 Å². The van der Waals surface area contributed by atoms with E-state index < -0.39 is 97.5 Å². The van der Waals surface area contributed by atoms with E-state index in [1.165, 1.54) is 186 Å². The zero-order chi connectivity index (χ0) is 64.0. The molecule has 0 rings (SSSR count). The number of hydrogen-bond donors (Lipinski definition) is 3. The van der Waals surface area contributed by atoms with Crippen molar-refractivity contribution in [3.05, 3.63) is 0 Å². The molecule has 17 nitrogen and oxygen atoms in total. The predicted octanol–water partition coefficient (Wildman–Crippen LogP) is 19.5. The van der Waals surface area contributed by atoms with Crippen LogP contribution in [0, 0.1) is 0 Å². The Labute approximate surface area is 530 Å². The third-order valence-electron chi connectivity index (χ3n) is 15.9. The molecule has 0 radical (unpaired) electrons. The van der Waals surface area contributed by atoms with E-state index in [2.05, 4.69) is 27.7 Å². The number of carbonyl (C=O) groups is 4. The molecule has 0 aromatic carbocycles. The van der Waals surface area contributed by atoms with Crippen LogP contribution >= 0.6 is 15.6 Å². The zero-order valence-corrected chi connectivity index (χ0v) is 57.8. The van der Waals surface area contributed by atoms with Crippen molar-refractivity contribution in [3.8, 4) is 0 Å². The molecule has 19 heteroatoms. The molecule has 0 aromatic rings. The van der Waals surface area contributed by atoms with Crippen LogP contribution in [-0.2, 0) is 65.4 Å². The number of ether oxygens (including phenoxy) is 4. The second-order valence-corrected chi connectivity index (χ2v) is 27.5. The molecule has 5 atom stereocenters. The Morgan fingerprint density at radius 3 is 0.678 bits per heavy atom. The minimum absolute atomic E-state index is 0.107. The number of rotatable bonds is 69. The lowest BCUT2D eigenvalue weighted by atomic mass is 10.0. The SMILES string of the molecule is CCCCCCCCCCCCCCCCCCC(=O)O[C@H](COC(=O)CCCCCCCCCCCCCC)COP(=O)(O)OC[C@@H](O)COP(=O)(O)OC[C@@H](COC(=O)CCCCCCCCCCC)OC(=O)CCCCCCCCCCCC. The molecule has 0 aliphatic rings. The highest BCUT2D eigenvalue weighted by molar-refractivity contribution is 7.47. The topological polar surface area (TPSA) is 237 Å². The third-order valence-corrected chi connectivity index (χ3v) is 17.8. The smallest absolute Gasteiger partial charge is 0.462 e. The Bertz CT molecular complexity index is 1670. The van der Waals surface area contributed by atoms with Crippen LogP contribution in [0.15, 0.2) is 0 Å². The molecular weight excluding hydrogens is 1150 g/mol. The number of unbranched alkanes of at least 4 members (excludes halogenated alkanes) is 43. The van der Waals surface area contributed by atoms with Gasteiger partial charge in [0, 0.05) is 25.7 Å². The van der Waals surface area contributed by atoms with Gasteiger partial charge >= 0.3 is 39.5 Å². The Morgan fingerprint density at radius 1 is 0.276 bits per heavy atom. The summed E-state index contributed by atoms with van der Waals surface area (Å²) in [5.74, 6) is -2.12. The van der Waals surface area contributed by atoms with E-state index in [0.717, 1.165) is 89.9 Å². The quantitative estimate of drug-likeness (QED) is 0.0222. The Balaban J connectivity index is 5.21. The highest BCUT2D eigenvalue weighted by Crippen LogP contribution is 2.45. The van der Waals surface area contributed by atoms with Gasteiger partial charge in [-0.05, 0) is 25.7 Å². The molecule has 0 bridgehead atoms. The zero-order valence-electron chi connectivity index (χ0n) is 56.0. The first kappa shape index (κ1) is 85.1. The molecule has 2 unspecified atom stereocenters. The second kappa shape index (κ2) is 62.8. The number of phosphoric ester groups is 2. The van der Waals surface area contributed by atoms with Gasteiger partial charge in [0.1, 0.15) is 19.3 Å². The molecule has 0 aliphatic carbocycles. The highest BCUT2D eigenvalue weighted by atomic mass is 31.2. The monoisotopic (exact) mass is 1280 g/mol. The molecule has 516 valence electrons. The summed E-state index contributed by atoms with van der Waals surface area (Å²) in [4.78, 5) is 72.4. The average Bonchev–Trinajstić information content (AvgIpc) is 3.71. The lowest BCUT2D eigenvalue weighted by Crippen LogP contribution is -2.30. The standard InChI is InChI=1S/C68H132O17P2/c1-5-9-13-17-21-25-28-30-31-32-33-35-39-43-47-51-55-68(73)85-64(59-79-66(71)53-49-45-41-38-34-29-26-22-18-14-10-6-2)61-83-87(76,77)81-57-62(69)56-80-86(74,75)82-60-63(58-78-65(70)52-48-44-40-36-24-20-16-12-8-4)84-67(72)54-50-46-42-37-27-23-19-15-11-7-3/h62-64,69H,5-61H2,1-4H3,(H,74,75)(H,76,77)/t62-,63+,64+/m0/s1. The fourth-order valence-corrected chi connectivity index (χ4v) is 11.9. The van der Waals surface area contributed by atoms with E-state index in [1.54, 1.807) is 0 Å². The normalized spacial score (nSPS) is 14.1. The van der Waals surface area contributed by atoms with Gasteiger partial charge in [0.2, 0.25) is 0 Å². The summed E-state index contributed by atoms with van der Waals surface area (Å²) in [5.41, 5.74) is 0. The summed E-state index contributed by atoms with van der Waals surface area (Å²) in [6.07, 6.45) is 49.8. The van der Waals surface area contributed by atoms with Crippen LogP contribution in [-0.4, -0.2) is 96.7 Å². The summed E-state index contributed by atoms with van der Waals surface area (Å²) in [7, 11) is -9.89. The Kier molecular flexibility index (Phi) is 61.4. The molecule has 0 aromatic heterocycles. The third kappa shape index (κ3) is 62.6. The molecule has 3 N–H and O–H groups in total. The van der Waals surface area contributed by atoms with Crippen molar-refractivity contribution in [1.29, 1.82) is 0 Å². The van der Waals surface area contributed by atoms with E-state index in [0.29, 0.717) is 25.7 Å². The summed E-state index contributed by atoms with van der Waals surface area (Å²) in [6, 6.07) is 0. The molecular formula is C68H132O17P2. The van der Waals surface area contributed by atoms with Crippen molar-refractivity contribution in [2.24, 2.45) is 0 Å². The maximum Gasteiger partial charge on any atom is 0.472 e. The number of carbonyl (C=O) groups excluding carboxylic acids is 4. The van der Waals surface area contributed by atoms with Crippen LogP contribution < -0.4 is 0 Å². The maximum atomic E-state index is 13.0.